The van der Waals surface area contributed by atoms with Crippen LogP contribution in [-0.4, -0.2) is 23.8 Å². The standard InChI is InChI=1S/C12H18BFO3/c1-12(2,3)6-7-17-11-5-4-9(14)8-10(11)13(15)16/h4-5,8,15-16H,6-7H2,1-3H3. The van der Waals surface area contributed by atoms with E-state index in [1.54, 1.807) is 0 Å². The number of benzene rings is 1. The van der Waals surface area contributed by atoms with Crippen molar-refractivity contribution in [2.75, 3.05) is 6.61 Å². The molecule has 3 nitrogen and oxygen atoms in total. The van der Waals surface area contributed by atoms with Crippen LogP contribution in [0.4, 0.5) is 4.39 Å². The highest BCUT2D eigenvalue weighted by atomic mass is 19.1. The average Bonchev–Trinajstić information content (AvgIpc) is 2.18. The summed E-state index contributed by atoms with van der Waals surface area (Å²) in [6.07, 6.45) is 0.825. The minimum Gasteiger partial charge on any atom is -0.494 e. The summed E-state index contributed by atoms with van der Waals surface area (Å²) in [4.78, 5) is 0. The highest BCUT2D eigenvalue weighted by Gasteiger charge is 2.18. The SMILES string of the molecule is CC(C)(C)CCOc1ccc(F)cc1B(O)O. The maximum absolute atomic E-state index is 12.9. The van der Waals surface area contributed by atoms with Gasteiger partial charge in [0.05, 0.1) is 6.61 Å². The number of hydrogen-bond acceptors (Lipinski definition) is 3. The van der Waals surface area contributed by atoms with Crippen LogP contribution in [0.15, 0.2) is 18.2 Å². The highest BCUT2D eigenvalue weighted by molar-refractivity contribution is 6.59. The molecule has 0 atom stereocenters. The van der Waals surface area contributed by atoms with Crippen LogP contribution in [0, 0.1) is 11.2 Å². The molecule has 17 heavy (non-hydrogen) atoms. The maximum Gasteiger partial charge on any atom is 0.492 e. The summed E-state index contributed by atoms with van der Waals surface area (Å²) in [5.41, 5.74) is 0.191. The van der Waals surface area contributed by atoms with Gasteiger partial charge in [0, 0.05) is 5.46 Å². The van der Waals surface area contributed by atoms with Crippen LogP contribution in [0.1, 0.15) is 27.2 Å². The number of halogens is 1. The molecule has 5 heteroatoms. The second-order valence-electron chi connectivity index (χ2n) is 5.21. The Morgan fingerprint density at radius 2 is 1.94 bits per heavy atom. The van der Waals surface area contributed by atoms with Crippen LogP contribution in [0.2, 0.25) is 0 Å². The topological polar surface area (TPSA) is 49.7 Å². The maximum atomic E-state index is 12.9. The van der Waals surface area contributed by atoms with Gasteiger partial charge in [-0.1, -0.05) is 20.8 Å². The molecule has 2 N–H and O–H groups in total. The van der Waals surface area contributed by atoms with Crippen LogP contribution in [0.25, 0.3) is 0 Å². The largest absolute Gasteiger partial charge is 0.494 e. The zero-order chi connectivity index (χ0) is 13.1. The molecule has 1 aromatic rings. The molecule has 1 rings (SSSR count). The summed E-state index contributed by atoms with van der Waals surface area (Å²) in [7, 11) is -1.73. The lowest BCUT2D eigenvalue weighted by atomic mass is 9.79. The Balaban J connectivity index is 2.70. The third-order valence-corrected chi connectivity index (χ3v) is 2.36. The first-order chi connectivity index (χ1) is 7.79. The van der Waals surface area contributed by atoms with E-state index in [-0.39, 0.29) is 10.9 Å². The van der Waals surface area contributed by atoms with E-state index in [1.807, 2.05) is 0 Å². The molecule has 0 aliphatic rings. The van der Waals surface area contributed by atoms with E-state index in [0.29, 0.717) is 12.4 Å². The Morgan fingerprint density at radius 1 is 1.29 bits per heavy atom. The summed E-state index contributed by atoms with van der Waals surface area (Å²) in [6, 6.07) is 3.71. The van der Waals surface area contributed by atoms with Gasteiger partial charge < -0.3 is 14.8 Å². The lowest BCUT2D eigenvalue weighted by molar-refractivity contribution is 0.243. The Labute approximate surface area is 101 Å². The molecular weight excluding hydrogens is 222 g/mol. The van der Waals surface area contributed by atoms with Gasteiger partial charge in [0.15, 0.2) is 0 Å². The van der Waals surface area contributed by atoms with E-state index in [0.717, 1.165) is 12.5 Å². The normalized spacial score (nSPS) is 11.4. The van der Waals surface area contributed by atoms with E-state index >= 15 is 0 Å². The van der Waals surface area contributed by atoms with Gasteiger partial charge in [-0.25, -0.2) is 4.39 Å². The molecule has 0 saturated carbocycles. The van der Waals surface area contributed by atoms with E-state index < -0.39 is 12.9 Å². The van der Waals surface area contributed by atoms with Gasteiger partial charge in [-0.05, 0) is 30.0 Å². The summed E-state index contributed by atoms with van der Waals surface area (Å²) in [6.45, 7) is 6.71. The second kappa shape index (κ2) is 5.51. The van der Waals surface area contributed by atoms with Crippen molar-refractivity contribution in [3.05, 3.63) is 24.0 Å². The molecule has 0 aliphatic carbocycles. The van der Waals surface area contributed by atoms with Crippen molar-refractivity contribution in [1.29, 1.82) is 0 Å². The third kappa shape index (κ3) is 4.75. The van der Waals surface area contributed by atoms with Crippen molar-refractivity contribution in [1.82, 2.24) is 0 Å². The van der Waals surface area contributed by atoms with E-state index in [4.69, 9.17) is 14.8 Å². The van der Waals surface area contributed by atoms with Crippen molar-refractivity contribution < 1.29 is 19.2 Å². The average molecular weight is 240 g/mol. The molecule has 0 spiro atoms. The molecular formula is C12H18BFO3. The van der Waals surface area contributed by atoms with Crippen LogP contribution >= 0.6 is 0 Å². The smallest absolute Gasteiger partial charge is 0.492 e. The first kappa shape index (κ1) is 14.0. The van der Waals surface area contributed by atoms with Gasteiger partial charge in [0.25, 0.3) is 0 Å². The Bertz CT molecular complexity index is 375. The second-order valence-corrected chi connectivity index (χ2v) is 5.21. The van der Waals surface area contributed by atoms with Gasteiger partial charge in [-0.3, -0.25) is 0 Å². The molecule has 0 aliphatic heterocycles. The van der Waals surface area contributed by atoms with E-state index in [1.165, 1.54) is 12.1 Å². The van der Waals surface area contributed by atoms with E-state index in [9.17, 15) is 4.39 Å². The molecule has 0 aromatic heterocycles. The first-order valence-corrected chi connectivity index (χ1v) is 5.58. The van der Waals surface area contributed by atoms with Gasteiger partial charge in [-0.2, -0.15) is 0 Å². The molecule has 0 heterocycles. The molecule has 0 fully saturated rings. The fourth-order valence-electron chi connectivity index (χ4n) is 1.32. The van der Waals surface area contributed by atoms with Crippen molar-refractivity contribution >= 4 is 12.6 Å². The predicted molar refractivity (Wildman–Crippen MR) is 65.8 cm³/mol. The molecule has 0 radical (unpaired) electrons. The lowest BCUT2D eigenvalue weighted by Crippen LogP contribution is -2.32. The monoisotopic (exact) mass is 240 g/mol. The van der Waals surface area contributed by atoms with E-state index in [2.05, 4.69) is 20.8 Å². The van der Waals surface area contributed by atoms with Crippen LogP contribution in [-0.2, 0) is 0 Å². The zero-order valence-electron chi connectivity index (χ0n) is 10.4. The fraction of sp³-hybridized carbons (Fsp3) is 0.500. The van der Waals surface area contributed by atoms with Crippen LogP contribution in [0.3, 0.4) is 0 Å². The van der Waals surface area contributed by atoms with Crippen molar-refractivity contribution in [2.24, 2.45) is 5.41 Å². The lowest BCUT2D eigenvalue weighted by Gasteiger charge is -2.19. The highest BCUT2D eigenvalue weighted by Crippen LogP contribution is 2.19. The molecule has 0 unspecified atom stereocenters. The van der Waals surface area contributed by atoms with Gasteiger partial charge >= 0.3 is 7.12 Å². The molecule has 94 valence electrons. The zero-order valence-corrected chi connectivity index (χ0v) is 10.4. The van der Waals surface area contributed by atoms with Gasteiger partial charge in [0.1, 0.15) is 11.6 Å². The Hall–Kier alpha value is -1.07. The molecule has 1 aromatic carbocycles. The van der Waals surface area contributed by atoms with Crippen molar-refractivity contribution in [3.63, 3.8) is 0 Å². The first-order valence-electron chi connectivity index (χ1n) is 5.58. The molecule has 0 bridgehead atoms. The van der Waals surface area contributed by atoms with Crippen molar-refractivity contribution in [2.45, 2.75) is 27.2 Å². The minimum absolute atomic E-state index is 0.0545. The number of ether oxygens (including phenoxy) is 1. The Kier molecular flexibility index (Phi) is 4.54. The summed E-state index contributed by atoms with van der Waals surface area (Å²) >= 11 is 0. The fourth-order valence-corrected chi connectivity index (χ4v) is 1.32. The Morgan fingerprint density at radius 3 is 2.47 bits per heavy atom. The molecule has 0 amide bonds. The van der Waals surface area contributed by atoms with Gasteiger partial charge in [-0.15, -0.1) is 0 Å². The number of rotatable bonds is 4. The number of hydrogen-bond donors (Lipinski definition) is 2. The quantitative estimate of drug-likeness (QED) is 0.780. The van der Waals surface area contributed by atoms with Crippen LogP contribution < -0.4 is 10.2 Å². The third-order valence-electron chi connectivity index (χ3n) is 2.36. The van der Waals surface area contributed by atoms with Crippen LogP contribution in [0.5, 0.6) is 5.75 Å². The molecule has 0 saturated heterocycles. The minimum atomic E-state index is -1.73. The summed E-state index contributed by atoms with van der Waals surface area (Å²) in [5, 5.41) is 18.2. The van der Waals surface area contributed by atoms with Crippen molar-refractivity contribution in [3.8, 4) is 5.75 Å². The summed E-state index contributed by atoms with van der Waals surface area (Å²) in [5.74, 6) is -0.207. The summed E-state index contributed by atoms with van der Waals surface area (Å²) < 4.78 is 18.4. The predicted octanol–water partition coefficient (Wildman–Crippen LogP) is 1.32. The van der Waals surface area contributed by atoms with Gasteiger partial charge in [0.2, 0.25) is 0 Å².